The lowest BCUT2D eigenvalue weighted by Gasteiger charge is -2.09. The van der Waals surface area contributed by atoms with E-state index in [1.54, 1.807) is 0 Å². The van der Waals surface area contributed by atoms with Gasteiger partial charge in [0, 0.05) is 51.5 Å². The Bertz CT molecular complexity index is 3440. The summed E-state index contributed by atoms with van der Waals surface area (Å²) in [6.45, 7) is 0. The maximum Gasteiger partial charge on any atom is 0.0590 e. The molecule has 0 fully saturated rings. The molecule has 0 saturated carbocycles. The van der Waals surface area contributed by atoms with Gasteiger partial charge in [0.05, 0.1) is 10.4 Å². The number of benzene rings is 10. The zero-order valence-corrected chi connectivity index (χ0v) is 34.0. The third kappa shape index (κ3) is 6.74. The van der Waals surface area contributed by atoms with E-state index < -0.39 is 0 Å². The molecule has 0 bridgehead atoms. The van der Waals surface area contributed by atoms with Crippen molar-refractivity contribution in [2.75, 3.05) is 11.1 Å². The lowest BCUT2D eigenvalue weighted by molar-refractivity contribution is 1.62. The van der Waals surface area contributed by atoms with Crippen molar-refractivity contribution in [1.82, 2.24) is 0 Å². The zero-order chi connectivity index (χ0) is 38.3. The van der Waals surface area contributed by atoms with Crippen molar-refractivity contribution < 1.29 is 0 Å². The van der Waals surface area contributed by atoms with Crippen LogP contribution in [0.5, 0.6) is 0 Å². The van der Waals surface area contributed by atoms with Gasteiger partial charge in [0.2, 0.25) is 0 Å². The molecule has 0 aliphatic rings. The molecule has 12 rings (SSSR count). The van der Waals surface area contributed by atoms with E-state index in [2.05, 4.69) is 185 Å². The van der Waals surface area contributed by atoms with E-state index in [0.717, 1.165) is 17.1 Å². The van der Waals surface area contributed by atoms with Gasteiger partial charge in [-0.2, -0.15) is 0 Å². The van der Waals surface area contributed by atoms with Crippen LogP contribution in [0.4, 0.5) is 17.1 Å². The van der Waals surface area contributed by atoms with Gasteiger partial charge >= 0.3 is 0 Å². The van der Waals surface area contributed by atoms with Crippen LogP contribution in [-0.2, 0) is 0 Å². The molecule has 0 spiro atoms. The number of anilines is 3. The van der Waals surface area contributed by atoms with Gasteiger partial charge in [0.15, 0.2) is 0 Å². The fourth-order valence-corrected chi connectivity index (χ4v) is 10.8. The first-order valence-corrected chi connectivity index (χ1v) is 21.3. The first-order valence-electron chi connectivity index (χ1n) is 18.9. The monoisotopic (exact) mass is 830 g/mol. The van der Waals surface area contributed by atoms with E-state index in [9.17, 15) is 0 Å². The molecule has 2 heterocycles. The summed E-state index contributed by atoms with van der Waals surface area (Å²) in [5.74, 6) is 0. The average molecular weight is 832 g/mol. The Morgan fingerprint density at radius 2 is 0.860 bits per heavy atom. The summed E-state index contributed by atoms with van der Waals surface area (Å²) in [4.78, 5) is 0. The number of nitrogens with one attached hydrogen (secondary N) is 1. The minimum atomic E-state index is 0.823. The van der Waals surface area contributed by atoms with E-state index in [1.807, 2.05) is 53.0 Å². The molecule has 3 N–H and O–H groups in total. The van der Waals surface area contributed by atoms with Gasteiger partial charge in [0.1, 0.15) is 0 Å². The topological polar surface area (TPSA) is 38.0 Å². The third-order valence-corrected chi connectivity index (χ3v) is 13.9. The van der Waals surface area contributed by atoms with Crippen LogP contribution in [0.1, 0.15) is 0 Å². The first-order chi connectivity index (χ1) is 28.1. The van der Waals surface area contributed by atoms with Crippen LogP contribution in [-0.4, -0.2) is 0 Å². The van der Waals surface area contributed by atoms with Crippen molar-refractivity contribution in [2.45, 2.75) is 0 Å². The third-order valence-electron chi connectivity index (χ3n) is 10.5. The quantitative estimate of drug-likeness (QED) is 0.170. The molecular formula is C52H35BrN2S2. The van der Waals surface area contributed by atoms with Gasteiger partial charge in [-0.25, -0.2) is 0 Å². The molecule has 0 unspecified atom stereocenters. The summed E-state index contributed by atoms with van der Waals surface area (Å²) >= 11 is 7.37. The molecule has 0 radical (unpaired) electrons. The molecule has 2 aromatic heterocycles. The summed E-state index contributed by atoms with van der Waals surface area (Å²) in [6, 6.07) is 68.3. The maximum absolute atomic E-state index is 5.62. The van der Waals surface area contributed by atoms with Gasteiger partial charge < -0.3 is 11.1 Å². The number of thiophene rings is 2. The zero-order valence-electron chi connectivity index (χ0n) is 30.7. The molecule has 0 amide bonds. The van der Waals surface area contributed by atoms with Crippen molar-refractivity contribution in [3.05, 3.63) is 199 Å². The van der Waals surface area contributed by atoms with Crippen LogP contribution in [0, 0.1) is 0 Å². The second kappa shape index (κ2) is 15.0. The number of nitrogens with two attached hydrogens (primary N) is 1. The Labute approximate surface area is 346 Å². The predicted octanol–water partition coefficient (Wildman–Crippen LogP) is 16.5. The van der Waals surface area contributed by atoms with Crippen LogP contribution in [0.3, 0.4) is 0 Å². The highest BCUT2D eigenvalue weighted by atomic mass is 79.9. The minimum absolute atomic E-state index is 0.823. The van der Waals surface area contributed by atoms with Crippen LogP contribution in [0.2, 0.25) is 0 Å². The summed E-state index contributed by atoms with van der Waals surface area (Å²) in [7, 11) is 0. The molecule has 12 aromatic rings. The maximum atomic E-state index is 5.62. The highest BCUT2D eigenvalue weighted by Gasteiger charge is 2.13. The van der Waals surface area contributed by atoms with E-state index in [1.165, 1.54) is 87.9 Å². The van der Waals surface area contributed by atoms with Gasteiger partial charge in [-0.05, 0) is 108 Å². The van der Waals surface area contributed by atoms with Crippen molar-refractivity contribution in [1.29, 1.82) is 0 Å². The Morgan fingerprint density at radius 3 is 1.51 bits per heavy atom. The molecule has 10 aromatic carbocycles. The number of halogens is 1. The Balaban J connectivity index is 0.000000116. The van der Waals surface area contributed by atoms with Crippen LogP contribution in [0.25, 0.3) is 83.4 Å². The van der Waals surface area contributed by atoms with Crippen LogP contribution < -0.4 is 11.1 Å². The predicted molar refractivity (Wildman–Crippen MR) is 257 cm³/mol. The van der Waals surface area contributed by atoms with Crippen molar-refractivity contribution in [3.8, 4) is 0 Å². The highest BCUT2D eigenvalue weighted by molar-refractivity contribution is 9.10. The SMILES string of the molecule is Brc1cccc2c1sc1ccc3ccccc3c12.Nc1ccc2ccccc2c1.c1ccc2cc(Nc3cccc4c3sc3ccc5ccccc5c34)ccc2c1. The van der Waals surface area contributed by atoms with Crippen LogP contribution in [0.15, 0.2) is 199 Å². The average Bonchev–Trinajstić information content (AvgIpc) is 3.85. The van der Waals surface area contributed by atoms with Crippen molar-refractivity contribution in [3.63, 3.8) is 0 Å². The van der Waals surface area contributed by atoms with Crippen molar-refractivity contribution in [2.24, 2.45) is 0 Å². The second-order valence-electron chi connectivity index (χ2n) is 14.1. The fraction of sp³-hybridized carbons (Fsp3) is 0. The molecule has 2 nitrogen and oxygen atoms in total. The normalized spacial score (nSPS) is 11.3. The first kappa shape index (κ1) is 35.2. The lowest BCUT2D eigenvalue weighted by Crippen LogP contribution is -1.90. The molecule has 0 atom stereocenters. The summed E-state index contributed by atoms with van der Waals surface area (Å²) in [5.41, 5.74) is 8.73. The molecular weight excluding hydrogens is 797 g/mol. The van der Waals surface area contributed by atoms with Gasteiger partial charge in [-0.15, -0.1) is 22.7 Å². The molecule has 57 heavy (non-hydrogen) atoms. The smallest absolute Gasteiger partial charge is 0.0590 e. The van der Waals surface area contributed by atoms with Gasteiger partial charge in [-0.3, -0.25) is 0 Å². The Hall–Kier alpha value is -6.24. The number of hydrogen-bond donors (Lipinski definition) is 2. The van der Waals surface area contributed by atoms with E-state index in [0.29, 0.717) is 0 Å². The fourth-order valence-electron chi connectivity index (χ4n) is 7.83. The number of hydrogen-bond acceptors (Lipinski definition) is 4. The molecule has 0 aliphatic heterocycles. The van der Waals surface area contributed by atoms with Gasteiger partial charge in [-0.1, -0.05) is 146 Å². The molecule has 5 heteroatoms. The minimum Gasteiger partial charge on any atom is -0.399 e. The largest absolute Gasteiger partial charge is 0.399 e. The Morgan fingerprint density at radius 1 is 0.386 bits per heavy atom. The van der Waals surface area contributed by atoms with Gasteiger partial charge in [0.25, 0.3) is 0 Å². The molecule has 272 valence electrons. The highest BCUT2D eigenvalue weighted by Crippen LogP contribution is 2.43. The number of fused-ring (bicyclic) bond motifs is 12. The Kier molecular flexibility index (Phi) is 9.27. The number of nitrogen functional groups attached to an aromatic ring is 1. The molecule has 0 aliphatic carbocycles. The van der Waals surface area contributed by atoms with Crippen molar-refractivity contribution >= 4 is 139 Å². The summed E-state index contributed by atoms with van der Waals surface area (Å²) < 4.78 is 6.52. The van der Waals surface area contributed by atoms with E-state index >= 15 is 0 Å². The van der Waals surface area contributed by atoms with E-state index in [-0.39, 0.29) is 0 Å². The lowest BCUT2D eigenvalue weighted by atomic mass is 10.0. The summed E-state index contributed by atoms with van der Waals surface area (Å²) in [5, 5.41) is 19.3. The van der Waals surface area contributed by atoms with Crippen LogP contribution >= 0.6 is 38.6 Å². The number of rotatable bonds is 2. The summed E-state index contributed by atoms with van der Waals surface area (Å²) in [6.07, 6.45) is 0. The molecule has 0 saturated heterocycles. The standard InChI is InChI=1S/C26H17NS.C16H9BrS.C10H9N/c1-2-8-19-16-20(14-12-17(19)6-1)27-23-11-5-10-22-25-21-9-4-3-7-18(21)13-15-24(25)28-26(22)23;17-13-7-3-6-12-15-11-5-2-1-4-10(11)8-9-14(15)18-16(12)13;11-10-6-5-8-3-1-2-4-9(8)7-10/h1-16,27H;1-9H;1-7H,11H2. The van der Waals surface area contributed by atoms with E-state index in [4.69, 9.17) is 5.73 Å². The second-order valence-corrected chi connectivity index (χ2v) is 17.1.